The van der Waals surface area contributed by atoms with Gasteiger partial charge in [-0.15, -0.1) is 0 Å². The zero-order valence-corrected chi connectivity index (χ0v) is 11.2. The molecule has 1 aliphatic rings. The van der Waals surface area contributed by atoms with Gasteiger partial charge in [0.15, 0.2) is 0 Å². The summed E-state index contributed by atoms with van der Waals surface area (Å²) >= 11 is 0. The van der Waals surface area contributed by atoms with Gasteiger partial charge in [-0.2, -0.15) is 0 Å². The van der Waals surface area contributed by atoms with Gasteiger partial charge in [-0.25, -0.2) is 0 Å². The summed E-state index contributed by atoms with van der Waals surface area (Å²) in [5, 5.41) is 12.8. The molecule has 1 saturated carbocycles. The maximum absolute atomic E-state index is 9.28. The van der Waals surface area contributed by atoms with Crippen molar-refractivity contribution in [1.29, 1.82) is 0 Å². The monoisotopic (exact) mass is 228 g/mol. The third-order valence-electron chi connectivity index (χ3n) is 3.76. The molecule has 0 aromatic rings. The third kappa shape index (κ3) is 4.81. The maximum Gasteiger partial charge on any atom is 0.0585 e. The summed E-state index contributed by atoms with van der Waals surface area (Å²) in [6.45, 7) is 8.11. The summed E-state index contributed by atoms with van der Waals surface area (Å²) in [7, 11) is 2.18. The molecule has 0 radical (unpaired) electrons. The third-order valence-corrected chi connectivity index (χ3v) is 3.76. The summed E-state index contributed by atoms with van der Waals surface area (Å²) < 4.78 is 0. The second-order valence-electron chi connectivity index (χ2n) is 5.57. The number of rotatable bonds is 8. The Morgan fingerprint density at radius 2 is 1.94 bits per heavy atom. The maximum atomic E-state index is 9.28. The van der Waals surface area contributed by atoms with Crippen LogP contribution in [0.1, 0.15) is 40.0 Å². The van der Waals surface area contributed by atoms with E-state index in [1.54, 1.807) is 0 Å². The molecule has 3 heteroatoms. The summed E-state index contributed by atoms with van der Waals surface area (Å²) in [5.74, 6) is 0.689. The fourth-order valence-corrected chi connectivity index (χ4v) is 1.88. The number of hydrogen-bond acceptors (Lipinski definition) is 3. The number of aliphatic hydroxyl groups excluding tert-OH is 1. The summed E-state index contributed by atoms with van der Waals surface area (Å²) in [4.78, 5) is 2.39. The first kappa shape index (κ1) is 13.9. The Balaban J connectivity index is 2.19. The van der Waals surface area contributed by atoms with E-state index >= 15 is 0 Å². The Labute approximate surface area is 100 Å². The van der Waals surface area contributed by atoms with Crippen molar-refractivity contribution in [3.05, 3.63) is 0 Å². The second kappa shape index (κ2) is 6.58. The van der Waals surface area contributed by atoms with Crippen LogP contribution in [0.3, 0.4) is 0 Å². The first-order chi connectivity index (χ1) is 7.54. The normalized spacial score (nSPS) is 20.4. The van der Waals surface area contributed by atoms with Gasteiger partial charge in [0.05, 0.1) is 6.61 Å². The minimum Gasteiger partial charge on any atom is -0.395 e. The largest absolute Gasteiger partial charge is 0.395 e. The van der Waals surface area contributed by atoms with Crippen molar-refractivity contribution >= 4 is 0 Å². The molecule has 96 valence electrons. The van der Waals surface area contributed by atoms with E-state index in [0.717, 1.165) is 13.0 Å². The van der Waals surface area contributed by atoms with E-state index in [9.17, 15) is 5.11 Å². The quantitative estimate of drug-likeness (QED) is 0.660. The van der Waals surface area contributed by atoms with Gasteiger partial charge in [-0.05, 0) is 45.7 Å². The first-order valence-electron chi connectivity index (χ1n) is 6.61. The van der Waals surface area contributed by atoms with Crippen molar-refractivity contribution < 1.29 is 5.11 Å². The molecular weight excluding hydrogens is 200 g/mol. The summed E-state index contributed by atoms with van der Waals surface area (Å²) in [6.07, 6.45) is 3.62. The highest BCUT2D eigenvalue weighted by atomic mass is 16.3. The van der Waals surface area contributed by atoms with Crippen molar-refractivity contribution in [3.8, 4) is 0 Å². The van der Waals surface area contributed by atoms with Crippen molar-refractivity contribution in [1.82, 2.24) is 10.2 Å². The van der Waals surface area contributed by atoms with Crippen LogP contribution in [0.15, 0.2) is 0 Å². The highest BCUT2D eigenvalue weighted by molar-refractivity contribution is 4.85. The number of aliphatic hydroxyl groups is 1. The first-order valence-corrected chi connectivity index (χ1v) is 6.61. The predicted molar refractivity (Wildman–Crippen MR) is 68.6 cm³/mol. The highest BCUT2D eigenvalue weighted by Crippen LogP contribution is 2.20. The van der Waals surface area contributed by atoms with Gasteiger partial charge < -0.3 is 15.3 Å². The van der Waals surface area contributed by atoms with Gasteiger partial charge in [0.1, 0.15) is 0 Å². The Morgan fingerprint density at radius 3 is 2.38 bits per heavy atom. The molecule has 0 amide bonds. The van der Waals surface area contributed by atoms with Crippen LogP contribution in [-0.2, 0) is 0 Å². The SMILES string of the molecule is CC(C)C(C)N(C)CCC(CO)NC1CC1. The van der Waals surface area contributed by atoms with Crippen LogP contribution in [0.25, 0.3) is 0 Å². The molecule has 0 saturated heterocycles. The minimum atomic E-state index is 0.264. The molecule has 0 spiro atoms. The summed E-state index contributed by atoms with van der Waals surface area (Å²) in [5.41, 5.74) is 0. The molecule has 0 bridgehead atoms. The zero-order chi connectivity index (χ0) is 12.1. The van der Waals surface area contributed by atoms with Crippen LogP contribution in [-0.4, -0.2) is 48.3 Å². The lowest BCUT2D eigenvalue weighted by Crippen LogP contribution is -2.40. The lowest BCUT2D eigenvalue weighted by molar-refractivity contribution is 0.177. The molecule has 1 aliphatic carbocycles. The van der Waals surface area contributed by atoms with Gasteiger partial charge in [-0.1, -0.05) is 13.8 Å². The predicted octanol–water partition coefficient (Wildman–Crippen LogP) is 1.47. The van der Waals surface area contributed by atoms with E-state index in [0.29, 0.717) is 18.0 Å². The number of nitrogens with one attached hydrogen (secondary N) is 1. The van der Waals surface area contributed by atoms with Crippen molar-refractivity contribution in [2.75, 3.05) is 20.2 Å². The molecule has 0 aromatic carbocycles. The Morgan fingerprint density at radius 1 is 1.31 bits per heavy atom. The van der Waals surface area contributed by atoms with E-state index in [-0.39, 0.29) is 12.6 Å². The molecule has 0 aliphatic heterocycles. The topological polar surface area (TPSA) is 35.5 Å². The molecule has 2 unspecified atom stereocenters. The van der Waals surface area contributed by atoms with Crippen molar-refractivity contribution in [2.24, 2.45) is 5.92 Å². The highest BCUT2D eigenvalue weighted by Gasteiger charge is 2.24. The summed E-state index contributed by atoms with van der Waals surface area (Å²) in [6, 6.07) is 1.58. The number of nitrogens with zero attached hydrogens (tertiary/aromatic N) is 1. The Bertz CT molecular complexity index is 190. The average Bonchev–Trinajstić information content (AvgIpc) is 3.06. The van der Waals surface area contributed by atoms with Crippen LogP contribution >= 0.6 is 0 Å². The lowest BCUT2D eigenvalue weighted by Gasteiger charge is -2.29. The van der Waals surface area contributed by atoms with E-state index in [1.165, 1.54) is 12.8 Å². The molecule has 2 N–H and O–H groups in total. The van der Waals surface area contributed by atoms with Gasteiger partial charge in [-0.3, -0.25) is 0 Å². The van der Waals surface area contributed by atoms with Crippen molar-refractivity contribution in [2.45, 2.75) is 58.2 Å². The molecule has 0 heterocycles. The van der Waals surface area contributed by atoms with Gasteiger partial charge in [0, 0.05) is 18.1 Å². The zero-order valence-electron chi connectivity index (χ0n) is 11.2. The standard InChI is InChI=1S/C13H28N2O/c1-10(2)11(3)15(4)8-7-13(9-16)14-12-5-6-12/h10-14,16H,5-9H2,1-4H3. The van der Waals surface area contributed by atoms with Gasteiger partial charge in [0.2, 0.25) is 0 Å². The second-order valence-corrected chi connectivity index (χ2v) is 5.57. The van der Waals surface area contributed by atoms with E-state index < -0.39 is 0 Å². The van der Waals surface area contributed by atoms with Gasteiger partial charge >= 0.3 is 0 Å². The molecule has 1 rings (SSSR count). The van der Waals surface area contributed by atoms with Gasteiger partial charge in [0.25, 0.3) is 0 Å². The Hall–Kier alpha value is -0.120. The fourth-order valence-electron chi connectivity index (χ4n) is 1.88. The molecule has 1 fully saturated rings. The van der Waals surface area contributed by atoms with Crippen LogP contribution in [0.2, 0.25) is 0 Å². The van der Waals surface area contributed by atoms with Crippen LogP contribution in [0, 0.1) is 5.92 Å². The average molecular weight is 228 g/mol. The molecule has 0 aromatic heterocycles. The van der Waals surface area contributed by atoms with E-state index in [2.05, 4.69) is 38.0 Å². The smallest absolute Gasteiger partial charge is 0.0585 e. The lowest BCUT2D eigenvalue weighted by atomic mass is 10.0. The van der Waals surface area contributed by atoms with Crippen LogP contribution in [0.5, 0.6) is 0 Å². The van der Waals surface area contributed by atoms with E-state index in [1.807, 2.05) is 0 Å². The van der Waals surface area contributed by atoms with Crippen LogP contribution in [0.4, 0.5) is 0 Å². The molecule has 3 nitrogen and oxygen atoms in total. The minimum absolute atomic E-state index is 0.264. The fraction of sp³-hybridized carbons (Fsp3) is 1.00. The Kier molecular flexibility index (Phi) is 5.73. The van der Waals surface area contributed by atoms with Crippen LogP contribution < -0.4 is 5.32 Å². The van der Waals surface area contributed by atoms with E-state index in [4.69, 9.17) is 0 Å². The van der Waals surface area contributed by atoms with Crippen molar-refractivity contribution in [3.63, 3.8) is 0 Å². The molecular formula is C13H28N2O. The number of hydrogen-bond donors (Lipinski definition) is 2. The molecule has 2 atom stereocenters. The molecule has 16 heavy (non-hydrogen) atoms.